The maximum atomic E-state index is 12.8. The zero-order valence-electron chi connectivity index (χ0n) is 8.63. The fourth-order valence-electron chi connectivity index (χ4n) is 1.15. The lowest BCUT2D eigenvalue weighted by atomic mass is 10.1. The van der Waals surface area contributed by atoms with Gasteiger partial charge >= 0.3 is 5.97 Å². The molecule has 0 fully saturated rings. The molecular formula is C10H12FNO4. The van der Waals surface area contributed by atoms with Crippen LogP contribution in [-0.4, -0.2) is 34.4 Å². The molecule has 1 aromatic heterocycles. The van der Waals surface area contributed by atoms with Crippen LogP contribution in [0.3, 0.4) is 0 Å². The number of methoxy groups -OCH3 is 1. The van der Waals surface area contributed by atoms with Crippen molar-refractivity contribution in [3.05, 3.63) is 29.8 Å². The summed E-state index contributed by atoms with van der Waals surface area (Å²) in [5, 5.41) is 19.0. The molecule has 88 valence electrons. The molecule has 0 aliphatic heterocycles. The average Bonchev–Trinajstić information content (AvgIpc) is 2.27. The van der Waals surface area contributed by atoms with E-state index in [0.29, 0.717) is 0 Å². The van der Waals surface area contributed by atoms with E-state index in [0.717, 1.165) is 12.1 Å². The van der Waals surface area contributed by atoms with E-state index < -0.39 is 24.0 Å². The topological polar surface area (TPSA) is 79.7 Å². The molecule has 1 aromatic rings. The van der Waals surface area contributed by atoms with Crippen LogP contribution >= 0.6 is 0 Å². The molecule has 0 amide bonds. The summed E-state index contributed by atoms with van der Waals surface area (Å²) in [6, 6.07) is 2.11. The summed E-state index contributed by atoms with van der Waals surface area (Å²) in [7, 11) is 1.17. The summed E-state index contributed by atoms with van der Waals surface area (Å²) in [6.45, 7) is 0. The Labute approximate surface area is 91.5 Å². The number of ether oxygens (including phenoxy) is 1. The van der Waals surface area contributed by atoms with Gasteiger partial charge in [-0.05, 0) is 12.1 Å². The van der Waals surface area contributed by atoms with Gasteiger partial charge < -0.3 is 14.9 Å². The van der Waals surface area contributed by atoms with Gasteiger partial charge in [0.25, 0.3) is 0 Å². The zero-order chi connectivity index (χ0) is 12.1. The van der Waals surface area contributed by atoms with Crippen molar-refractivity contribution in [2.75, 3.05) is 7.11 Å². The van der Waals surface area contributed by atoms with E-state index in [1.165, 1.54) is 13.3 Å². The molecule has 5 nitrogen and oxygen atoms in total. The van der Waals surface area contributed by atoms with Crippen molar-refractivity contribution in [2.45, 2.75) is 18.6 Å². The van der Waals surface area contributed by atoms with Gasteiger partial charge in [-0.15, -0.1) is 0 Å². The fraction of sp³-hybridized carbons (Fsp3) is 0.400. The Kier molecular flexibility index (Phi) is 4.33. The minimum atomic E-state index is -1.42. The number of esters is 1. The van der Waals surface area contributed by atoms with Crippen molar-refractivity contribution < 1.29 is 24.1 Å². The van der Waals surface area contributed by atoms with Gasteiger partial charge in [0.2, 0.25) is 0 Å². The predicted octanol–water partition coefficient (Wildman–Crippen LogP) is 0.178. The van der Waals surface area contributed by atoms with Crippen LogP contribution < -0.4 is 0 Å². The van der Waals surface area contributed by atoms with E-state index in [1.54, 1.807) is 0 Å². The molecule has 1 rings (SSSR count). The first-order valence-electron chi connectivity index (χ1n) is 4.59. The van der Waals surface area contributed by atoms with Crippen molar-refractivity contribution >= 4 is 5.97 Å². The van der Waals surface area contributed by atoms with Gasteiger partial charge in [0.1, 0.15) is 11.9 Å². The molecule has 0 aliphatic rings. The SMILES string of the molecule is COC(=O)CC(O)C(O)c1cc(F)ccn1. The van der Waals surface area contributed by atoms with Gasteiger partial charge in [0.15, 0.2) is 0 Å². The second-order valence-electron chi connectivity index (χ2n) is 3.19. The number of carbonyl (C=O) groups excluding carboxylic acids is 1. The molecule has 0 radical (unpaired) electrons. The first kappa shape index (κ1) is 12.5. The summed E-state index contributed by atoms with van der Waals surface area (Å²) in [6.07, 6.45) is -2.01. The molecular weight excluding hydrogens is 217 g/mol. The number of aliphatic hydroxyl groups is 2. The third-order valence-electron chi connectivity index (χ3n) is 2.01. The fourth-order valence-corrected chi connectivity index (χ4v) is 1.15. The standard InChI is InChI=1S/C10H12FNO4/c1-16-9(14)5-8(13)10(15)7-4-6(11)2-3-12-7/h2-4,8,10,13,15H,5H2,1H3. The number of hydrogen-bond donors (Lipinski definition) is 2. The predicted molar refractivity (Wildman–Crippen MR) is 51.8 cm³/mol. The maximum absolute atomic E-state index is 12.8. The van der Waals surface area contributed by atoms with Gasteiger partial charge in [0, 0.05) is 6.20 Å². The lowest BCUT2D eigenvalue weighted by molar-refractivity contribution is -0.144. The van der Waals surface area contributed by atoms with Gasteiger partial charge in [0.05, 0.1) is 25.3 Å². The third kappa shape index (κ3) is 3.25. The molecule has 0 saturated heterocycles. The van der Waals surface area contributed by atoms with Crippen molar-refractivity contribution in [3.8, 4) is 0 Å². The van der Waals surface area contributed by atoms with Crippen LogP contribution in [0.5, 0.6) is 0 Å². The number of halogens is 1. The average molecular weight is 229 g/mol. The van der Waals surface area contributed by atoms with E-state index >= 15 is 0 Å². The van der Waals surface area contributed by atoms with Crippen LogP contribution in [0.15, 0.2) is 18.3 Å². The zero-order valence-corrected chi connectivity index (χ0v) is 8.63. The molecule has 0 saturated carbocycles. The van der Waals surface area contributed by atoms with Crippen LogP contribution in [0.25, 0.3) is 0 Å². The number of carbonyl (C=O) groups is 1. The Morgan fingerprint density at radius 2 is 2.31 bits per heavy atom. The van der Waals surface area contributed by atoms with Crippen LogP contribution in [0.4, 0.5) is 4.39 Å². The molecule has 2 unspecified atom stereocenters. The molecule has 0 aliphatic carbocycles. The summed E-state index contributed by atoms with van der Waals surface area (Å²) in [4.78, 5) is 14.5. The Bertz CT molecular complexity index is 372. The molecule has 0 aromatic carbocycles. The van der Waals surface area contributed by atoms with Crippen LogP contribution in [0.2, 0.25) is 0 Å². The normalized spacial score (nSPS) is 14.2. The van der Waals surface area contributed by atoms with Gasteiger partial charge in [-0.1, -0.05) is 0 Å². The molecule has 2 N–H and O–H groups in total. The summed E-state index contributed by atoms with van der Waals surface area (Å²) in [5.41, 5.74) is -0.0311. The smallest absolute Gasteiger partial charge is 0.308 e. The number of aromatic nitrogens is 1. The van der Waals surface area contributed by atoms with Crippen LogP contribution in [-0.2, 0) is 9.53 Å². The molecule has 0 spiro atoms. The van der Waals surface area contributed by atoms with Crippen LogP contribution in [0.1, 0.15) is 18.2 Å². The highest BCUT2D eigenvalue weighted by Crippen LogP contribution is 2.17. The molecule has 6 heteroatoms. The Hall–Kier alpha value is -1.53. The monoisotopic (exact) mass is 229 g/mol. The largest absolute Gasteiger partial charge is 0.469 e. The van der Waals surface area contributed by atoms with Crippen LogP contribution in [0, 0.1) is 5.82 Å². The van der Waals surface area contributed by atoms with E-state index in [9.17, 15) is 19.4 Å². The first-order valence-corrected chi connectivity index (χ1v) is 4.59. The summed E-state index contributed by atoms with van der Waals surface area (Å²) < 4.78 is 17.1. The minimum Gasteiger partial charge on any atom is -0.469 e. The Morgan fingerprint density at radius 3 is 2.88 bits per heavy atom. The molecule has 2 atom stereocenters. The number of nitrogens with zero attached hydrogens (tertiary/aromatic N) is 1. The number of hydrogen-bond acceptors (Lipinski definition) is 5. The minimum absolute atomic E-state index is 0.0311. The number of pyridine rings is 1. The van der Waals surface area contributed by atoms with Crippen molar-refractivity contribution in [3.63, 3.8) is 0 Å². The van der Waals surface area contributed by atoms with Crippen molar-refractivity contribution in [1.29, 1.82) is 0 Å². The van der Waals surface area contributed by atoms with E-state index in [2.05, 4.69) is 9.72 Å². The lowest BCUT2D eigenvalue weighted by Gasteiger charge is -2.15. The Morgan fingerprint density at radius 1 is 1.62 bits per heavy atom. The highest BCUT2D eigenvalue weighted by Gasteiger charge is 2.23. The van der Waals surface area contributed by atoms with Crippen molar-refractivity contribution in [2.24, 2.45) is 0 Å². The first-order chi connectivity index (χ1) is 7.54. The quantitative estimate of drug-likeness (QED) is 0.720. The number of rotatable bonds is 4. The number of aliphatic hydroxyl groups excluding tert-OH is 2. The highest BCUT2D eigenvalue weighted by atomic mass is 19.1. The summed E-state index contributed by atoms with van der Waals surface area (Å²) in [5.74, 6) is -1.24. The Balaban J connectivity index is 2.70. The molecule has 16 heavy (non-hydrogen) atoms. The molecule has 0 bridgehead atoms. The molecule has 1 heterocycles. The second kappa shape index (κ2) is 5.53. The van der Waals surface area contributed by atoms with E-state index in [-0.39, 0.29) is 12.1 Å². The van der Waals surface area contributed by atoms with E-state index in [1.807, 2.05) is 0 Å². The lowest BCUT2D eigenvalue weighted by Crippen LogP contribution is -2.23. The van der Waals surface area contributed by atoms with E-state index in [4.69, 9.17) is 0 Å². The third-order valence-corrected chi connectivity index (χ3v) is 2.01. The van der Waals surface area contributed by atoms with Crippen molar-refractivity contribution in [1.82, 2.24) is 4.98 Å². The van der Waals surface area contributed by atoms with Gasteiger partial charge in [-0.3, -0.25) is 9.78 Å². The van der Waals surface area contributed by atoms with Gasteiger partial charge in [-0.25, -0.2) is 4.39 Å². The highest BCUT2D eigenvalue weighted by molar-refractivity contribution is 5.69. The van der Waals surface area contributed by atoms with Gasteiger partial charge in [-0.2, -0.15) is 0 Å². The second-order valence-corrected chi connectivity index (χ2v) is 3.19. The summed E-state index contributed by atoms with van der Waals surface area (Å²) >= 11 is 0. The maximum Gasteiger partial charge on any atom is 0.308 e.